The van der Waals surface area contributed by atoms with E-state index in [4.69, 9.17) is 5.73 Å². The second-order valence-corrected chi connectivity index (χ2v) is 4.26. The van der Waals surface area contributed by atoms with Gasteiger partial charge in [0.15, 0.2) is 0 Å². The van der Waals surface area contributed by atoms with Crippen molar-refractivity contribution in [2.24, 2.45) is 0 Å². The minimum atomic E-state index is -1.15. The summed E-state index contributed by atoms with van der Waals surface area (Å²) in [5.74, 6) is -0.224. The standard InChI is InChI=1S/C11H15FN4O2.Na/c12-7-5-9(10(13)14-6-7)15-8-1-3-16(4-2-8)11(17)18;/h5-6,8,15H,1-4H2,(H2,13,14)(H,17,18);/q;+1/p-1. The summed E-state index contributed by atoms with van der Waals surface area (Å²) in [6, 6.07) is 1.35. The minimum absolute atomic E-state index is 0. The van der Waals surface area contributed by atoms with Crippen LogP contribution in [0.4, 0.5) is 20.7 Å². The fourth-order valence-electron chi connectivity index (χ4n) is 1.99. The number of piperidine rings is 1. The van der Waals surface area contributed by atoms with Gasteiger partial charge < -0.3 is 25.9 Å². The zero-order valence-corrected chi connectivity index (χ0v) is 12.7. The number of hydrogen-bond donors (Lipinski definition) is 2. The summed E-state index contributed by atoms with van der Waals surface area (Å²) in [4.78, 5) is 15.6. The van der Waals surface area contributed by atoms with Gasteiger partial charge in [-0.05, 0) is 12.8 Å². The van der Waals surface area contributed by atoms with E-state index in [1.807, 2.05) is 0 Å². The predicted octanol–water partition coefficient (Wildman–Crippen LogP) is -2.97. The molecule has 1 aromatic heterocycles. The number of nitrogen functional groups attached to an aromatic ring is 1. The molecular formula is C11H14FN4NaO2. The van der Waals surface area contributed by atoms with Crippen LogP contribution >= 0.6 is 0 Å². The number of nitrogens with zero attached hydrogens (tertiary/aromatic N) is 2. The predicted molar refractivity (Wildman–Crippen MR) is 62.2 cm³/mol. The van der Waals surface area contributed by atoms with E-state index in [0.717, 1.165) is 6.20 Å². The van der Waals surface area contributed by atoms with Crippen molar-refractivity contribution in [2.45, 2.75) is 18.9 Å². The van der Waals surface area contributed by atoms with Crippen molar-refractivity contribution in [3.05, 3.63) is 18.1 Å². The number of pyridine rings is 1. The van der Waals surface area contributed by atoms with Crippen molar-refractivity contribution in [1.82, 2.24) is 9.88 Å². The fraction of sp³-hybridized carbons (Fsp3) is 0.455. The molecule has 2 rings (SSSR count). The minimum Gasteiger partial charge on any atom is -0.530 e. The van der Waals surface area contributed by atoms with Gasteiger partial charge >= 0.3 is 29.6 Å². The number of carboxylic acid groups (broad SMARTS) is 1. The molecule has 1 saturated heterocycles. The Morgan fingerprint density at radius 1 is 1.53 bits per heavy atom. The summed E-state index contributed by atoms with van der Waals surface area (Å²) in [5, 5.41) is 13.7. The molecule has 0 atom stereocenters. The number of nitrogens with one attached hydrogen (secondary N) is 1. The van der Waals surface area contributed by atoms with Crippen molar-refractivity contribution in [1.29, 1.82) is 0 Å². The van der Waals surface area contributed by atoms with Crippen LogP contribution in [-0.2, 0) is 0 Å². The van der Waals surface area contributed by atoms with Crippen LogP contribution in [0.1, 0.15) is 12.8 Å². The zero-order valence-electron chi connectivity index (χ0n) is 10.7. The molecule has 1 aliphatic rings. The monoisotopic (exact) mass is 276 g/mol. The molecule has 8 heteroatoms. The largest absolute Gasteiger partial charge is 1.00 e. The number of halogens is 1. The molecular weight excluding hydrogens is 262 g/mol. The molecule has 0 spiro atoms. The van der Waals surface area contributed by atoms with Gasteiger partial charge in [0.25, 0.3) is 0 Å². The van der Waals surface area contributed by atoms with E-state index in [9.17, 15) is 14.3 Å². The van der Waals surface area contributed by atoms with Crippen molar-refractivity contribution >= 4 is 17.6 Å². The van der Waals surface area contributed by atoms with E-state index in [0.29, 0.717) is 31.6 Å². The third-order valence-corrected chi connectivity index (χ3v) is 3.00. The summed E-state index contributed by atoms with van der Waals surface area (Å²) in [5.41, 5.74) is 6.07. The van der Waals surface area contributed by atoms with Gasteiger partial charge in [-0.25, -0.2) is 9.37 Å². The van der Waals surface area contributed by atoms with Crippen LogP contribution in [0.3, 0.4) is 0 Å². The first-order valence-electron chi connectivity index (χ1n) is 5.69. The summed E-state index contributed by atoms with van der Waals surface area (Å²) in [6.45, 7) is 0.811. The van der Waals surface area contributed by atoms with Crippen LogP contribution in [-0.4, -0.2) is 35.1 Å². The Hall–Kier alpha value is -1.05. The Morgan fingerprint density at radius 3 is 2.74 bits per heavy atom. The molecule has 98 valence electrons. The molecule has 19 heavy (non-hydrogen) atoms. The van der Waals surface area contributed by atoms with Gasteiger partial charge in [-0.1, -0.05) is 0 Å². The molecule has 3 N–H and O–H groups in total. The van der Waals surface area contributed by atoms with Gasteiger partial charge in [-0.15, -0.1) is 0 Å². The number of amides is 1. The molecule has 0 aliphatic carbocycles. The first-order valence-corrected chi connectivity index (χ1v) is 5.69. The molecule has 1 amide bonds. The number of hydrogen-bond acceptors (Lipinski definition) is 5. The number of carbonyl (C=O) groups excluding carboxylic acids is 1. The second-order valence-electron chi connectivity index (χ2n) is 4.26. The van der Waals surface area contributed by atoms with Crippen LogP contribution in [0.2, 0.25) is 0 Å². The molecule has 2 heterocycles. The van der Waals surface area contributed by atoms with Crippen LogP contribution in [0.25, 0.3) is 0 Å². The molecule has 0 saturated carbocycles. The SMILES string of the molecule is Nc1ncc(F)cc1NC1CCN(C(=O)[O-])CC1.[Na+]. The van der Waals surface area contributed by atoms with Gasteiger partial charge in [0.05, 0.1) is 11.9 Å². The van der Waals surface area contributed by atoms with Crippen LogP contribution in [0.5, 0.6) is 0 Å². The van der Waals surface area contributed by atoms with E-state index in [1.54, 1.807) is 0 Å². The molecule has 0 unspecified atom stereocenters. The van der Waals surface area contributed by atoms with Crippen LogP contribution < -0.4 is 45.7 Å². The van der Waals surface area contributed by atoms with Crippen molar-refractivity contribution in [3.8, 4) is 0 Å². The molecule has 1 aromatic rings. The second kappa shape index (κ2) is 6.93. The Bertz CT molecular complexity index is 452. The number of carbonyl (C=O) groups is 1. The van der Waals surface area contributed by atoms with E-state index < -0.39 is 11.9 Å². The smallest absolute Gasteiger partial charge is 0.530 e. The average Bonchev–Trinajstić information content (AvgIpc) is 2.34. The maximum absolute atomic E-state index is 13.0. The van der Waals surface area contributed by atoms with E-state index in [1.165, 1.54) is 11.0 Å². The Kier molecular flexibility index (Phi) is 5.84. The van der Waals surface area contributed by atoms with Gasteiger partial charge in [0, 0.05) is 25.2 Å². The summed E-state index contributed by atoms with van der Waals surface area (Å²) < 4.78 is 13.0. The molecule has 6 nitrogen and oxygen atoms in total. The first-order chi connectivity index (χ1) is 8.56. The number of anilines is 2. The molecule has 1 fully saturated rings. The summed E-state index contributed by atoms with van der Waals surface area (Å²) >= 11 is 0. The topological polar surface area (TPSA) is 94.3 Å². The van der Waals surface area contributed by atoms with Crippen LogP contribution in [0.15, 0.2) is 12.3 Å². The van der Waals surface area contributed by atoms with E-state index in [-0.39, 0.29) is 41.4 Å². The van der Waals surface area contributed by atoms with Gasteiger partial charge in [-0.2, -0.15) is 0 Å². The average molecular weight is 276 g/mol. The van der Waals surface area contributed by atoms with E-state index >= 15 is 0 Å². The van der Waals surface area contributed by atoms with Gasteiger partial charge in [0.2, 0.25) is 0 Å². The Labute approximate surface area is 132 Å². The van der Waals surface area contributed by atoms with Gasteiger partial charge in [0.1, 0.15) is 17.7 Å². The maximum Gasteiger partial charge on any atom is 1.00 e. The molecule has 0 aromatic carbocycles. The third-order valence-electron chi connectivity index (χ3n) is 3.00. The number of likely N-dealkylation sites (tertiary alicyclic amines) is 1. The Morgan fingerprint density at radius 2 is 2.16 bits per heavy atom. The normalized spacial score (nSPS) is 15.7. The molecule has 0 radical (unpaired) electrons. The van der Waals surface area contributed by atoms with Crippen molar-refractivity contribution in [2.75, 3.05) is 24.1 Å². The first kappa shape index (κ1) is 16.0. The number of nitrogens with two attached hydrogens (primary N) is 1. The van der Waals surface area contributed by atoms with Gasteiger partial charge in [-0.3, -0.25) is 0 Å². The van der Waals surface area contributed by atoms with Crippen molar-refractivity contribution < 1.29 is 43.8 Å². The third kappa shape index (κ3) is 4.22. The molecule has 1 aliphatic heterocycles. The number of rotatable bonds is 2. The zero-order chi connectivity index (χ0) is 13.1. The van der Waals surface area contributed by atoms with Crippen molar-refractivity contribution in [3.63, 3.8) is 0 Å². The summed E-state index contributed by atoms with van der Waals surface area (Å²) in [7, 11) is 0. The Balaban J connectivity index is 0.00000180. The fourth-order valence-corrected chi connectivity index (χ4v) is 1.99. The molecule has 0 bridgehead atoms. The van der Waals surface area contributed by atoms with Crippen LogP contribution in [0, 0.1) is 5.82 Å². The summed E-state index contributed by atoms with van der Waals surface area (Å²) in [6.07, 6.45) is 1.16. The number of aromatic nitrogens is 1. The van der Waals surface area contributed by atoms with E-state index in [2.05, 4.69) is 10.3 Å². The maximum atomic E-state index is 13.0. The quantitative estimate of drug-likeness (QED) is 0.562.